The van der Waals surface area contributed by atoms with Crippen LogP contribution in [0.2, 0.25) is 0 Å². The highest BCUT2D eigenvalue weighted by Gasteiger charge is 2.48. The van der Waals surface area contributed by atoms with Gasteiger partial charge in [-0.05, 0) is 19.4 Å². The second kappa shape index (κ2) is 7.48. The van der Waals surface area contributed by atoms with Crippen LogP contribution in [0.3, 0.4) is 0 Å². The first-order valence-electron chi connectivity index (χ1n) is 7.01. The van der Waals surface area contributed by atoms with Crippen molar-refractivity contribution in [2.24, 2.45) is 5.92 Å². The molecule has 6 atom stereocenters. The van der Waals surface area contributed by atoms with Gasteiger partial charge in [-0.3, -0.25) is 4.79 Å². The first-order valence-corrected chi connectivity index (χ1v) is 7.01. The molecule has 1 fully saturated rings. The summed E-state index contributed by atoms with van der Waals surface area (Å²) in [5.74, 6) is -2.90. The molecule has 1 rings (SSSR count). The normalized spacial score (nSPS) is 36.2. The molecule has 124 valence electrons. The summed E-state index contributed by atoms with van der Waals surface area (Å²) in [6.45, 7) is 3.70. The summed E-state index contributed by atoms with van der Waals surface area (Å²) < 4.78 is 5.06. The molecule has 1 aliphatic rings. The van der Waals surface area contributed by atoms with Crippen LogP contribution >= 0.6 is 0 Å². The molecule has 1 heterocycles. The van der Waals surface area contributed by atoms with Gasteiger partial charge in [0, 0.05) is 18.9 Å². The average molecular weight is 307 g/mol. The highest BCUT2D eigenvalue weighted by molar-refractivity contribution is 5.66. The van der Waals surface area contributed by atoms with Crippen molar-refractivity contribution in [3.63, 3.8) is 0 Å². The van der Waals surface area contributed by atoms with Gasteiger partial charge in [-0.15, -0.1) is 0 Å². The lowest BCUT2D eigenvalue weighted by atomic mass is 9.92. The van der Waals surface area contributed by atoms with Gasteiger partial charge in [-0.2, -0.15) is 0 Å². The number of carbonyl (C=O) groups is 1. The minimum absolute atomic E-state index is 0.00224. The van der Waals surface area contributed by atoms with Crippen LogP contribution < -0.4 is 5.32 Å². The van der Waals surface area contributed by atoms with E-state index in [9.17, 15) is 25.2 Å². The molecule has 0 radical (unpaired) electrons. The summed E-state index contributed by atoms with van der Waals surface area (Å²) in [5.41, 5.74) is 0. The van der Waals surface area contributed by atoms with Crippen molar-refractivity contribution >= 4 is 5.97 Å². The van der Waals surface area contributed by atoms with Crippen molar-refractivity contribution in [1.82, 2.24) is 5.32 Å². The third kappa shape index (κ3) is 5.17. The van der Waals surface area contributed by atoms with Crippen LogP contribution in [0.5, 0.6) is 0 Å². The van der Waals surface area contributed by atoms with Crippen LogP contribution in [0.25, 0.3) is 0 Å². The van der Waals surface area contributed by atoms with Crippen LogP contribution in [0.4, 0.5) is 0 Å². The van der Waals surface area contributed by atoms with E-state index in [0.717, 1.165) is 0 Å². The molecule has 0 aliphatic carbocycles. The number of ether oxygens (including phenoxy) is 1. The van der Waals surface area contributed by atoms with E-state index in [1.165, 1.54) is 0 Å². The van der Waals surface area contributed by atoms with E-state index in [0.29, 0.717) is 6.54 Å². The van der Waals surface area contributed by atoms with E-state index in [1.807, 2.05) is 0 Å². The van der Waals surface area contributed by atoms with Gasteiger partial charge in [0.25, 0.3) is 0 Å². The Balaban J connectivity index is 2.46. The van der Waals surface area contributed by atoms with Gasteiger partial charge >= 0.3 is 5.97 Å². The summed E-state index contributed by atoms with van der Waals surface area (Å²) in [7, 11) is 0. The number of aliphatic hydroxyl groups is 4. The zero-order chi connectivity index (χ0) is 16.2. The lowest BCUT2D eigenvalue weighted by Gasteiger charge is -2.42. The van der Waals surface area contributed by atoms with Crippen LogP contribution in [-0.2, 0) is 9.53 Å². The number of carboxylic acid groups (broad SMARTS) is 1. The second-order valence-electron chi connectivity index (χ2n) is 5.88. The van der Waals surface area contributed by atoms with Crippen molar-refractivity contribution in [3.8, 4) is 0 Å². The van der Waals surface area contributed by atoms with Crippen molar-refractivity contribution in [1.29, 1.82) is 0 Å². The predicted octanol–water partition coefficient (Wildman–Crippen LogP) is -1.73. The maximum atomic E-state index is 10.6. The fraction of sp³-hybridized carbons (Fsp3) is 0.923. The molecular weight excluding hydrogens is 282 g/mol. The number of aliphatic hydroxyl groups excluding tert-OH is 3. The summed E-state index contributed by atoms with van der Waals surface area (Å²) in [5, 5.41) is 50.7. The van der Waals surface area contributed by atoms with Crippen molar-refractivity contribution in [2.45, 2.75) is 56.8 Å². The fourth-order valence-electron chi connectivity index (χ4n) is 2.35. The molecule has 0 aromatic heterocycles. The van der Waals surface area contributed by atoms with Crippen LogP contribution in [0.1, 0.15) is 26.7 Å². The van der Waals surface area contributed by atoms with E-state index < -0.39 is 30.1 Å². The molecule has 8 heteroatoms. The zero-order valence-electron chi connectivity index (χ0n) is 12.3. The third-order valence-electron chi connectivity index (χ3n) is 3.62. The molecule has 0 aromatic carbocycles. The Labute approximate surface area is 123 Å². The molecule has 1 aliphatic heterocycles. The third-order valence-corrected chi connectivity index (χ3v) is 3.62. The van der Waals surface area contributed by atoms with Gasteiger partial charge in [0.1, 0.15) is 18.3 Å². The van der Waals surface area contributed by atoms with Gasteiger partial charge in [-0.25, -0.2) is 0 Å². The molecule has 6 N–H and O–H groups in total. The largest absolute Gasteiger partial charge is 0.481 e. The van der Waals surface area contributed by atoms with E-state index >= 15 is 0 Å². The van der Waals surface area contributed by atoms with E-state index in [1.54, 1.807) is 13.8 Å². The Morgan fingerprint density at radius 3 is 2.57 bits per heavy atom. The quantitative estimate of drug-likeness (QED) is 0.326. The maximum Gasteiger partial charge on any atom is 0.303 e. The maximum absolute atomic E-state index is 10.6. The average Bonchev–Trinajstić information content (AvgIpc) is 2.38. The number of hydrogen-bond donors (Lipinski definition) is 6. The minimum Gasteiger partial charge on any atom is -0.481 e. The topological polar surface area (TPSA) is 139 Å². The Morgan fingerprint density at radius 2 is 2.00 bits per heavy atom. The molecule has 21 heavy (non-hydrogen) atoms. The van der Waals surface area contributed by atoms with Crippen LogP contribution in [0, 0.1) is 5.92 Å². The molecule has 0 bridgehead atoms. The van der Waals surface area contributed by atoms with Gasteiger partial charge < -0.3 is 35.6 Å². The Bertz CT molecular complexity index is 353. The molecule has 0 spiro atoms. The zero-order valence-corrected chi connectivity index (χ0v) is 12.3. The number of hydrogen-bond acceptors (Lipinski definition) is 7. The summed E-state index contributed by atoms with van der Waals surface area (Å²) >= 11 is 0. The summed E-state index contributed by atoms with van der Waals surface area (Å²) in [6, 6.07) is -0.275. The predicted molar refractivity (Wildman–Crippen MR) is 72.4 cm³/mol. The second-order valence-corrected chi connectivity index (χ2v) is 5.88. The minimum atomic E-state index is -1.94. The molecule has 0 aromatic rings. The van der Waals surface area contributed by atoms with E-state index in [-0.39, 0.29) is 31.4 Å². The van der Waals surface area contributed by atoms with Crippen molar-refractivity contribution in [2.75, 3.05) is 13.2 Å². The number of rotatable bonds is 7. The first-order chi connectivity index (χ1) is 9.65. The highest BCUT2D eigenvalue weighted by Crippen LogP contribution is 2.28. The molecule has 8 nitrogen and oxygen atoms in total. The van der Waals surface area contributed by atoms with Crippen molar-refractivity contribution in [3.05, 3.63) is 0 Å². The Morgan fingerprint density at radius 1 is 1.38 bits per heavy atom. The lowest BCUT2D eigenvalue weighted by molar-refractivity contribution is -0.324. The van der Waals surface area contributed by atoms with Gasteiger partial charge in [0.05, 0.1) is 6.61 Å². The Hall–Kier alpha value is -0.770. The number of carboxylic acids is 1. The lowest BCUT2D eigenvalue weighted by Crippen LogP contribution is -2.62. The Kier molecular flexibility index (Phi) is 6.51. The highest BCUT2D eigenvalue weighted by atomic mass is 16.6. The number of nitrogens with one attached hydrogen (secondary N) is 1. The summed E-state index contributed by atoms with van der Waals surface area (Å²) in [4.78, 5) is 10.6. The number of aliphatic carboxylic acids is 1. The standard InChI is InChI=1S/C13H25NO7/c1-7(3-10(16)17)5-14-8(2)4-13(20)12(19)11(18)9(15)6-21-13/h7-9,11-12,14-15,18-20H,3-6H2,1-2H3,(H,16,17)/t7?,8?,9-,11+,12-,13-/m1/s1. The molecular formula is C13H25NO7. The van der Waals surface area contributed by atoms with Gasteiger partial charge in [0.15, 0.2) is 5.79 Å². The molecule has 0 amide bonds. The van der Waals surface area contributed by atoms with Crippen LogP contribution in [-0.4, -0.2) is 74.8 Å². The first kappa shape index (κ1) is 18.3. The van der Waals surface area contributed by atoms with E-state index in [2.05, 4.69) is 5.32 Å². The fourth-order valence-corrected chi connectivity index (χ4v) is 2.35. The molecule has 2 unspecified atom stereocenters. The SMILES string of the molecule is CC(CNC(C)C[C@@]1(O)OC[C@@H](O)[C@H](O)[C@H]1O)CC(=O)O. The smallest absolute Gasteiger partial charge is 0.303 e. The van der Waals surface area contributed by atoms with Crippen LogP contribution in [0.15, 0.2) is 0 Å². The van der Waals surface area contributed by atoms with Gasteiger partial charge in [-0.1, -0.05) is 6.92 Å². The molecule has 0 saturated carbocycles. The monoisotopic (exact) mass is 307 g/mol. The van der Waals surface area contributed by atoms with Gasteiger partial charge in [0.2, 0.25) is 0 Å². The molecule has 1 saturated heterocycles. The summed E-state index contributed by atoms with van der Waals surface area (Å²) in [6.07, 6.45) is -4.28. The van der Waals surface area contributed by atoms with E-state index in [4.69, 9.17) is 9.84 Å². The van der Waals surface area contributed by atoms with Crippen molar-refractivity contribution < 1.29 is 35.1 Å².